The molecule has 0 bridgehead atoms. The van der Waals surface area contributed by atoms with Gasteiger partial charge in [0.05, 0.1) is 16.6 Å². The van der Waals surface area contributed by atoms with E-state index >= 15 is 0 Å². The molecule has 5 heteroatoms. The van der Waals surface area contributed by atoms with Crippen LogP contribution in [-0.4, -0.2) is 27.1 Å². The van der Waals surface area contributed by atoms with Gasteiger partial charge in [-0.15, -0.1) is 0 Å². The van der Waals surface area contributed by atoms with Crippen molar-refractivity contribution >= 4 is 23.0 Å². The molecule has 0 aliphatic heterocycles. The van der Waals surface area contributed by atoms with E-state index in [1.54, 1.807) is 18.2 Å². The van der Waals surface area contributed by atoms with Crippen LogP contribution in [0.3, 0.4) is 0 Å². The van der Waals surface area contributed by atoms with E-state index in [4.69, 9.17) is 5.11 Å². The quantitative estimate of drug-likeness (QED) is 0.738. The van der Waals surface area contributed by atoms with Crippen molar-refractivity contribution in [3.63, 3.8) is 0 Å². The van der Waals surface area contributed by atoms with E-state index < -0.39 is 5.97 Å². The van der Waals surface area contributed by atoms with Gasteiger partial charge in [-0.05, 0) is 32.0 Å². The molecule has 0 saturated heterocycles. The zero-order chi connectivity index (χ0) is 11.7. The minimum atomic E-state index is -0.935. The smallest absolute Gasteiger partial charge is 0.335 e. The molecule has 0 amide bonds. The molecule has 1 aromatic carbocycles. The van der Waals surface area contributed by atoms with Crippen molar-refractivity contribution in [3.8, 4) is 0 Å². The number of hydrogen-bond acceptors (Lipinski definition) is 3. The molecule has 0 radical (unpaired) electrons. The SMILES string of the molecule is CC(C)Nc1nc2ccc(C(=O)O)cc2[nH]1. The first-order valence-corrected chi connectivity index (χ1v) is 5.06. The number of nitrogens with one attached hydrogen (secondary N) is 2. The van der Waals surface area contributed by atoms with Gasteiger partial charge in [-0.3, -0.25) is 0 Å². The van der Waals surface area contributed by atoms with Gasteiger partial charge in [-0.2, -0.15) is 0 Å². The maximum atomic E-state index is 10.8. The summed E-state index contributed by atoms with van der Waals surface area (Å²) in [6.07, 6.45) is 0. The highest BCUT2D eigenvalue weighted by atomic mass is 16.4. The third kappa shape index (κ3) is 1.98. The minimum absolute atomic E-state index is 0.257. The molecule has 2 aromatic rings. The Morgan fingerprint density at radius 2 is 2.25 bits per heavy atom. The number of rotatable bonds is 3. The molecule has 1 aromatic heterocycles. The fourth-order valence-corrected chi connectivity index (χ4v) is 1.48. The number of carbonyl (C=O) groups is 1. The van der Waals surface area contributed by atoms with Crippen molar-refractivity contribution in [3.05, 3.63) is 23.8 Å². The van der Waals surface area contributed by atoms with Crippen LogP contribution in [0.4, 0.5) is 5.95 Å². The summed E-state index contributed by atoms with van der Waals surface area (Å²) < 4.78 is 0. The average molecular weight is 219 g/mol. The first kappa shape index (κ1) is 10.5. The summed E-state index contributed by atoms with van der Waals surface area (Å²) in [5.74, 6) is -0.276. The van der Waals surface area contributed by atoms with E-state index in [0.29, 0.717) is 5.95 Å². The largest absolute Gasteiger partial charge is 0.478 e. The van der Waals surface area contributed by atoms with Gasteiger partial charge in [-0.1, -0.05) is 0 Å². The van der Waals surface area contributed by atoms with Crippen LogP contribution < -0.4 is 5.32 Å². The third-order valence-corrected chi connectivity index (χ3v) is 2.15. The van der Waals surface area contributed by atoms with Crippen LogP contribution in [0.1, 0.15) is 24.2 Å². The molecule has 0 aliphatic carbocycles. The van der Waals surface area contributed by atoms with Crippen molar-refractivity contribution in [2.45, 2.75) is 19.9 Å². The molecule has 0 atom stereocenters. The Morgan fingerprint density at radius 3 is 2.88 bits per heavy atom. The Morgan fingerprint density at radius 1 is 1.50 bits per heavy atom. The van der Waals surface area contributed by atoms with Crippen molar-refractivity contribution in [2.75, 3.05) is 5.32 Å². The third-order valence-electron chi connectivity index (χ3n) is 2.15. The normalized spacial score (nSPS) is 10.9. The fraction of sp³-hybridized carbons (Fsp3) is 0.273. The molecule has 0 unspecified atom stereocenters. The summed E-state index contributed by atoms with van der Waals surface area (Å²) in [6, 6.07) is 5.10. The van der Waals surface area contributed by atoms with E-state index in [1.165, 1.54) is 0 Å². The summed E-state index contributed by atoms with van der Waals surface area (Å²) in [7, 11) is 0. The number of benzene rings is 1. The number of fused-ring (bicyclic) bond motifs is 1. The molecule has 3 N–H and O–H groups in total. The van der Waals surface area contributed by atoms with Gasteiger partial charge in [0.1, 0.15) is 0 Å². The number of imidazole rings is 1. The van der Waals surface area contributed by atoms with E-state index in [9.17, 15) is 4.79 Å². The van der Waals surface area contributed by atoms with Crippen LogP contribution in [-0.2, 0) is 0 Å². The van der Waals surface area contributed by atoms with E-state index in [-0.39, 0.29) is 11.6 Å². The second-order valence-electron chi connectivity index (χ2n) is 3.92. The summed E-state index contributed by atoms with van der Waals surface area (Å²) >= 11 is 0. The van der Waals surface area contributed by atoms with Gasteiger partial charge in [0.25, 0.3) is 0 Å². The van der Waals surface area contributed by atoms with Crippen LogP contribution in [0.2, 0.25) is 0 Å². The molecular weight excluding hydrogens is 206 g/mol. The number of anilines is 1. The van der Waals surface area contributed by atoms with E-state index in [0.717, 1.165) is 11.0 Å². The number of aromatic amines is 1. The van der Waals surface area contributed by atoms with Gasteiger partial charge < -0.3 is 15.4 Å². The molecule has 5 nitrogen and oxygen atoms in total. The number of nitrogens with zero attached hydrogens (tertiary/aromatic N) is 1. The Bertz CT molecular complexity index is 531. The first-order valence-electron chi connectivity index (χ1n) is 5.06. The van der Waals surface area contributed by atoms with Gasteiger partial charge in [-0.25, -0.2) is 9.78 Å². The number of aromatic nitrogens is 2. The van der Waals surface area contributed by atoms with Crippen LogP contribution in [0.25, 0.3) is 11.0 Å². The van der Waals surface area contributed by atoms with E-state index in [2.05, 4.69) is 15.3 Å². The highest BCUT2D eigenvalue weighted by Crippen LogP contribution is 2.16. The van der Waals surface area contributed by atoms with Crippen LogP contribution >= 0.6 is 0 Å². The maximum Gasteiger partial charge on any atom is 0.335 e. The zero-order valence-electron chi connectivity index (χ0n) is 9.11. The lowest BCUT2D eigenvalue weighted by Gasteiger charge is -2.04. The van der Waals surface area contributed by atoms with E-state index in [1.807, 2.05) is 13.8 Å². The van der Waals surface area contributed by atoms with Gasteiger partial charge in [0, 0.05) is 6.04 Å². The summed E-state index contributed by atoms with van der Waals surface area (Å²) in [5, 5.41) is 12.0. The van der Waals surface area contributed by atoms with Gasteiger partial charge >= 0.3 is 5.97 Å². The minimum Gasteiger partial charge on any atom is -0.478 e. The number of H-pyrrole nitrogens is 1. The second kappa shape index (κ2) is 3.84. The Kier molecular flexibility index (Phi) is 2.52. The molecule has 0 spiro atoms. The molecule has 1 heterocycles. The molecule has 0 aliphatic rings. The monoisotopic (exact) mass is 219 g/mol. The zero-order valence-corrected chi connectivity index (χ0v) is 9.11. The fourth-order valence-electron chi connectivity index (χ4n) is 1.48. The number of hydrogen-bond donors (Lipinski definition) is 3. The lowest BCUT2D eigenvalue weighted by molar-refractivity contribution is 0.0697. The molecule has 84 valence electrons. The topological polar surface area (TPSA) is 78.0 Å². The predicted octanol–water partition coefficient (Wildman–Crippen LogP) is 2.08. The summed E-state index contributed by atoms with van der Waals surface area (Å²) in [5.41, 5.74) is 1.74. The summed E-state index contributed by atoms with van der Waals surface area (Å²) in [6.45, 7) is 4.02. The second-order valence-corrected chi connectivity index (χ2v) is 3.92. The van der Waals surface area contributed by atoms with Crippen molar-refractivity contribution < 1.29 is 9.90 Å². The highest BCUT2D eigenvalue weighted by Gasteiger charge is 2.07. The Hall–Kier alpha value is -2.04. The van der Waals surface area contributed by atoms with Crippen molar-refractivity contribution in [2.24, 2.45) is 0 Å². The highest BCUT2D eigenvalue weighted by molar-refractivity contribution is 5.92. The lowest BCUT2D eigenvalue weighted by atomic mass is 10.2. The molecular formula is C11H13N3O2. The maximum absolute atomic E-state index is 10.8. The Balaban J connectivity index is 2.42. The molecule has 16 heavy (non-hydrogen) atoms. The number of aromatic carboxylic acids is 1. The predicted molar refractivity (Wildman–Crippen MR) is 61.8 cm³/mol. The number of carboxylic acid groups (broad SMARTS) is 1. The Labute approximate surface area is 92.5 Å². The van der Waals surface area contributed by atoms with Crippen LogP contribution in [0.5, 0.6) is 0 Å². The standard InChI is InChI=1S/C11H13N3O2/c1-6(2)12-11-13-8-4-3-7(10(15)16)5-9(8)14-11/h3-6H,1-2H3,(H,15,16)(H2,12,13,14). The number of carboxylic acids is 1. The van der Waals surface area contributed by atoms with Crippen LogP contribution in [0.15, 0.2) is 18.2 Å². The van der Waals surface area contributed by atoms with Gasteiger partial charge in [0.15, 0.2) is 0 Å². The van der Waals surface area contributed by atoms with Crippen LogP contribution in [0, 0.1) is 0 Å². The van der Waals surface area contributed by atoms with Crippen molar-refractivity contribution in [1.82, 2.24) is 9.97 Å². The molecule has 0 saturated carbocycles. The average Bonchev–Trinajstić information content (AvgIpc) is 2.56. The van der Waals surface area contributed by atoms with Gasteiger partial charge in [0.2, 0.25) is 5.95 Å². The molecule has 0 fully saturated rings. The molecule has 2 rings (SSSR count). The lowest BCUT2D eigenvalue weighted by Crippen LogP contribution is -2.10. The summed E-state index contributed by atoms with van der Waals surface area (Å²) in [4.78, 5) is 18.1. The first-order chi connectivity index (χ1) is 7.56. The van der Waals surface area contributed by atoms with Crippen molar-refractivity contribution in [1.29, 1.82) is 0 Å².